The summed E-state index contributed by atoms with van der Waals surface area (Å²) in [7, 11) is -0.367. The molecular formula is C32H48O5SSi. The van der Waals surface area contributed by atoms with Gasteiger partial charge < -0.3 is 18.6 Å². The van der Waals surface area contributed by atoms with Gasteiger partial charge in [-0.3, -0.25) is 4.79 Å². The molecule has 39 heavy (non-hydrogen) atoms. The quantitative estimate of drug-likeness (QED) is 0.160. The third kappa shape index (κ3) is 10.4. The molecule has 0 aliphatic carbocycles. The van der Waals surface area contributed by atoms with E-state index >= 15 is 0 Å². The minimum absolute atomic E-state index is 0.0384. The van der Waals surface area contributed by atoms with Crippen molar-refractivity contribution in [2.45, 2.75) is 101 Å². The third-order valence-electron chi connectivity index (χ3n) is 7.83. The molecule has 0 saturated carbocycles. The molecule has 216 valence electrons. The predicted molar refractivity (Wildman–Crippen MR) is 163 cm³/mol. The van der Waals surface area contributed by atoms with Crippen molar-refractivity contribution in [3.63, 3.8) is 0 Å². The Bertz CT molecular complexity index is 1010. The first-order chi connectivity index (χ1) is 18.5. The number of carbonyl (C=O) groups excluding carboxylic acids is 1. The topological polar surface area (TPSA) is 54.0 Å². The molecule has 1 saturated heterocycles. The number of benzene rings is 2. The Hall–Kier alpha value is -1.64. The van der Waals surface area contributed by atoms with Gasteiger partial charge >= 0.3 is 0 Å². The van der Waals surface area contributed by atoms with Gasteiger partial charge in [-0.15, -0.1) is 11.8 Å². The van der Waals surface area contributed by atoms with E-state index in [0.29, 0.717) is 37.8 Å². The molecule has 0 spiro atoms. The highest BCUT2D eigenvalue weighted by Crippen LogP contribution is 2.39. The lowest BCUT2D eigenvalue weighted by atomic mass is 10.0. The Morgan fingerprint density at radius 2 is 1.77 bits per heavy atom. The van der Waals surface area contributed by atoms with Crippen LogP contribution in [0.3, 0.4) is 0 Å². The first kappa shape index (κ1) is 31.9. The van der Waals surface area contributed by atoms with Crippen molar-refractivity contribution < 1.29 is 23.4 Å². The molecule has 4 atom stereocenters. The van der Waals surface area contributed by atoms with Gasteiger partial charge in [-0.25, -0.2) is 0 Å². The Kier molecular flexibility index (Phi) is 12.1. The van der Waals surface area contributed by atoms with Crippen molar-refractivity contribution in [1.82, 2.24) is 0 Å². The summed E-state index contributed by atoms with van der Waals surface area (Å²) in [5.41, 5.74) is 1.09. The molecule has 5 nitrogen and oxygen atoms in total. The molecule has 1 fully saturated rings. The van der Waals surface area contributed by atoms with E-state index < -0.39 is 8.32 Å². The van der Waals surface area contributed by atoms with E-state index in [0.717, 1.165) is 29.9 Å². The van der Waals surface area contributed by atoms with Crippen molar-refractivity contribution in [3.05, 3.63) is 60.2 Å². The Morgan fingerprint density at radius 1 is 1.08 bits per heavy atom. The highest BCUT2D eigenvalue weighted by Gasteiger charge is 2.43. The van der Waals surface area contributed by atoms with E-state index in [1.54, 1.807) is 7.11 Å². The van der Waals surface area contributed by atoms with E-state index in [2.05, 4.69) is 65.1 Å². The monoisotopic (exact) mass is 572 g/mol. The minimum atomic E-state index is -2.04. The fraction of sp³-hybridized carbons (Fsp3) is 0.594. The lowest BCUT2D eigenvalue weighted by Gasteiger charge is -2.40. The van der Waals surface area contributed by atoms with Crippen molar-refractivity contribution in [2.24, 2.45) is 5.92 Å². The second-order valence-corrected chi connectivity index (χ2v) is 18.2. The molecule has 0 bridgehead atoms. The molecule has 1 heterocycles. The van der Waals surface area contributed by atoms with Gasteiger partial charge in [0.25, 0.3) is 0 Å². The lowest BCUT2D eigenvalue weighted by molar-refractivity contribution is -0.123. The molecule has 0 amide bonds. The van der Waals surface area contributed by atoms with Gasteiger partial charge in [0.2, 0.25) is 0 Å². The van der Waals surface area contributed by atoms with Crippen molar-refractivity contribution in [2.75, 3.05) is 19.5 Å². The van der Waals surface area contributed by atoms with Crippen LogP contribution in [0.1, 0.15) is 58.9 Å². The summed E-state index contributed by atoms with van der Waals surface area (Å²) in [6.07, 6.45) is 2.62. The summed E-state index contributed by atoms with van der Waals surface area (Å²) in [4.78, 5) is 14.1. The number of methoxy groups -OCH3 is 1. The Morgan fingerprint density at radius 3 is 2.41 bits per heavy atom. The zero-order chi connectivity index (χ0) is 28.5. The molecule has 1 aliphatic heterocycles. The Labute approximate surface area is 241 Å². The van der Waals surface area contributed by atoms with Crippen molar-refractivity contribution >= 4 is 25.9 Å². The van der Waals surface area contributed by atoms with Gasteiger partial charge in [0, 0.05) is 23.5 Å². The summed E-state index contributed by atoms with van der Waals surface area (Å²) in [6.45, 7) is 14.4. The second-order valence-electron chi connectivity index (χ2n) is 12.3. The van der Waals surface area contributed by atoms with E-state index in [4.69, 9.17) is 18.6 Å². The van der Waals surface area contributed by atoms with Gasteiger partial charge in [0.1, 0.15) is 11.5 Å². The number of hydrogen-bond acceptors (Lipinski definition) is 6. The minimum Gasteiger partial charge on any atom is -0.497 e. The summed E-state index contributed by atoms with van der Waals surface area (Å²) in [6, 6.07) is 18.3. The number of hydrogen-bond donors (Lipinski definition) is 0. The number of ketones is 1. The van der Waals surface area contributed by atoms with Gasteiger partial charge in [-0.05, 0) is 66.7 Å². The molecule has 1 aliphatic rings. The van der Waals surface area contributed by atoms with Crippen LogP contribution in [0.15, 0.2) is 59.5 Å². The first-order valence-electron chi connectivity index (χ1n) is 14.2. The maximum absolute atomic E-state index is 12.9. The summed E-state index contributed by atoms with van der Waals surface area (Å²) in [5.74, 6) is 2.40. The number of rotatable bonds is 15. The fourth-order valence-electron chi connectivity index (χ4n) is 4.48. The van der Waals surface area contributed by atoms with Crippen LogP contribution in [0.4, 0.5) is 0 Å². The second kappa shape index (κ2) is 14.8. The number of thioether (sulfide) groups is 1. The maximum Gasteiger partial charge on any atom is 0.192 e. The zero-order valence-corrected chi connectivity index (χ0v) is 26.7. The first-order valence-corrected chi connectivity index (χ1v) is 18.1. The van der Waals surface area contributed by atoms with Gasteiger partial charge in [-0.2, -0.15) is 0 Å². The van der Waals surface area contributed by atoms with Crippen LogP contribution >= 0.6 is 11.8 Å². The van der Waals surface area contributed by atoms with Crippen molar-refractivity contribution in [3.8, 4) is 5.75 Å². The fourth-order valence-corrected chi connectivity index (χ4v) is 6.76. The normalized spacial score (nSPS) is 19.6. The van der Waals surface area contributed by atoms with Crippen LogP contribution in [0.25, 0.3) is 0 Å². The Balaban J connectivity index is 1.52. The highest BCUT2D eigenvalue weighted by atomic mass is 32.2. The average Bonchev–Trinajstić information content (AvgIpc) is 3.35. The summed E-state index contributed by atoms with van der Waals surface area (Å²) in [5, 5.41) is 0.0864. The molecule has 0 N–H and O–H groups in total. The lowest BCUT2D eigenvalue weighted by Crippen LogP contribution is -2.48. The number of carbonyl (C=O) groups is 1. The molecule has 7 heteroatoms. The van der Waals surface area contributed by atoms with Gasteiger partial charge in [0.15, 0.2) is 8.32 Å². The van der Waals surface area contributed by atoms with Crippen LogP contribution in [0.5, 0.6) is 5.75 Å². The summed E-state index contributed by atoms with van der Waals surface area (Å²) < 4.78 is 24.7. The number of Topliss-reactive ketones (excluding diaryl/α,β-unsaturated/α-hetero) is 1. The van der Waals surface area contributed by atoms with E-state index in [-0.39, 0.29) is 23.4 Å². The summed E-state index contributed by atoms with van der Waals surface area (Å²) >= 11 is 1.82. The molecule has 0 unspecified atom stereocenters. The van der Waals surface area contributed by atoms with Crippen LogP contribution in [-0.4, -0.2) is 51.9 Å². The molecule has 3 rings (SSSR count). The molecule has 2 aromatic carbocycles. The van der Waals surface area contributed by atoms with E-state index in [1.807, 2.05) is 42.1 Å². The maximum atomic E-state index is 12.9. The number of ether oxygens (including phenoxy) is 3. The van der Waals surface area contributed by atoms with Crippen LogP contribution in [-0.2, 0) is 25.3 Å². The molecular weight excluding hydrogens is 525 g/mol. The zero-order valence-electron chi connectivity index (χ0n) is 24.9. The molecule has 0 radical (unpaired) electrons. The van der Waals surface area contributed by atoms with E-state index in [1.165, 1.54) is 4.90 Å². The predicted octanol–water partition coefficient (Wildman–Crippen LogP) is 7.93. The molecule has 2 aromatic rings. The SMILES string of the molecule is COc1ccc(COC[C@@H](O[Si](C)(C)C(C)(C)C)[C@H]2CC[C@H](CC(=O)C[C@H](C)CSc3ccccc3)O2)cc1. The van der Waals surface area contributed by atoms with Crippen LogP contribution in [0, 0.1) is 5.92 Å². The molecule has 0 aromatic heterocycles. The standard InChI is InChI=1S/C32H48O5SSi/c1-24(23-38-29-11-9-8-10-12-29)19-26(33)20-28-17-18-30(36-28)31(37-39(6,7)32(2,3)4)22-35-21-25-13-15-27(34-5)16-14-25/h8-16,24,28,30-31H,17-23H2,1-7H3/t24-,28+,30+,31+/m0/s1. The van der Waals surface area contributed by atoms with Gasteiger partial charge in [-0.1, -0.05) is 58.0 Å². The van der Waals surface area contributed by atoms with E-state index in [9.17, 15) is 4.79 Å². The largest absolute Gasteiger partial charge is 0.497 e. The van der Waals surface area contributed by atoms with Crippen LogP contribution < -0.4 is 4.74 Å². The van der Waals surface area contributed by atoms with Crippen molar-refractivity contribution in [1.29, 1.82) is 0 Å². The third-order valence-corrected chi connectivity index (χ3v) is 13.7. The average molecular weight is 573 g/mol. The highest BCUT2D eigenvalue weighted by molar-refractivity contribution is 7.99. The smallest absolute Gasteiger partial charge is 0.192 e. The van der Waals surface area contributed by atoms with Gasteiger partial charge in [0.05, 0.1) is 38.6 Å². The van der Waals surface area contributed by atoms with Crippen LogP contribution in [0.2, 0.25) is 18.1 Å².